The molecule has 5 heteroatoms. The normalized spacial score (nSPS) is 18.1. The summed E-state index contributed by atoms with van der Waals surface area (Å²) in [6.07, 6.45) is 1.92. The molecule has 0 radical (unpaired) electrons. The van der Waals surface area contributed by atoms with Gasteiger partial charge in [-0.3, -0.25) is 5.41 Å². The molecule has 0 amide bonds. The van der Waals surface area contributed by atoms with Crippen molar-refractivity contribution in [2.75, 3.05) is 13.2 Å². The molecule has 120 valence electrons. The third-order valence-corrected chi connectivity index (χ3v) is 4.46. The molecule has 1 spiro atoms. The van der Waals surface area contributed by atoms with Gasteiger partial charge in [-0.2, -0.15) is 0 Å². The maximum Gasteiger partial charge on any atom is 0.197 e. The predicted octanol–water partition coefficient (Wildman–Crippen LogP) is 3.66. The van der Waals surface area contributed by atoms with Gasteiger partial charge < -0.3 is 14.4 Å². The van der Waals surface area contributed by atoms with E-state index in [9.17, 15) is 0 Å². The van der Waals surface area contributed by atoms with Crippen molar-refractivity contribution in [2.24, 2.45) is 0 Å². The van der Waals surface area contributed by atoms with E-state index in [0.717, 1.165) is 18.4 Å². The summed E-state index contributed by atoms with van der Waals surface area (Å²) in [5.74, 6) is 0.394. The van der Waals surface area contributed by atoms with Gasteiger partial charge in [0, 0.05) is 6.04 Å². The van der Waals surface area contributed by atoms with Gasteiger partial charge in [-0.25, -0.2) is 4.39 Å². The highest BCUT2D eigenvalue weighted by Crippen LogP contribution is 2.59. The van der Waals surface area contributed by atoms with E-state index in [0.29, 0.717) is 24.5 Å². The molecule has 1 aliphatic carbocycles. The van der Waals surface area contributed by atoms with E-state index in [1.165, 1.54) is 0 Å². The predicted molar refractivity (Wildman–Crippen MR) is 83.5 cm³/mol. The smallest absolute Gasteiger partial charge is 0.197 e. The van der Waals surface area contributed by atoms with Crippen LogP contribution in [-0.4, -0.2) is 30.0 Å². The molecular formula is C17H23FN2O2. The molecule has 1 N–H and O–H groups in total. The SMILES string of the molecule is CCOc1cc2c(c(F)c1OCC)C(=N)N(C(C)C)C21CC1. The first kappa shape index (κ1) is 15.1. The van der Waals surface area contributed by atoms with Crippen molar-refractivity contribution in [3.63, 3.8) is 0 Å². The molecule has 0 unspecified atom stereocenters. The molecule has 4 nitrogen and oxygen atoms in total. The summed E-state index contributed by atoms with van der Waals surface area (Å²) in [5.41, 5.74) is 1.06. The summed E-state index contributed by atoms with van der Waals surface area (Å²) in [7, 11) is 0. The topological polar surface area (TPSA) is 45.6 Å². The number of benzene rings is 1. The molecule has 2 aliphatic rings. The van der Waals surface area contributed by atoms with Crippen LogP contribution in [0, 0.1) is 11.2 Å². The van der Waals surface area contributed by atoms with Crippen LogP contribution in [0.2, 0.25) is 0 Å². The Kier molecular flexibility index (Phi) is 3.54. The van der Waals surface area contributed by atoms with Crippen LogP contribution in [0.3, 0.4) is 0 Å². The summed E-state index contributed by atoms with van der Waals surface area (Å²) in [5, 5.41) is 8.45. The molecule has 0 saturated heterocycles. The molecule has 0 bridgehead atoms. The van der Waals surface area contributed by atoms with E-state index in [1.807, 2.05) is 38.7 Å². The molecular weight excluding hydrogens is 283 g/mol. The Balaban J connectivity index is 2.19. The second-order valence-corrected chi connectivity index (χ2v) is 6.15. The average molecular weight is 306 g/mol. The van der Waals surface area contributed by atoms with Gasteiger partial charge in [-0.05, 0) is 52.2 Å². The third kappa shape index (κ3) is 1.91. The second-order valence-electron chi connectivity index (χ2n) is 6.15. The molecule has 22 heavy (non-hydrogen) atoms. The van der Waals surface area contributed by atoms with Crippen molar-refractivity contribution < 1.29 is 13.9 Å². The monoisotopic (exact) mass is 306 g/mol. The van der Waals surface area contributed by atoms with Crippen LogP contribution < -0.4 is 9.47 Å². The highest BCUT2D eigenvalue weighted by molar-refractivity contribution is 6.03. The molecule has 1 heterocycles. The number of hydrogen-bond acceptors (Lipinski definition) is 3. The van der Waals surface area contributed by atoms with Crippen LogP contribution >= 0.6 is 0 Å². The van der Waals surface area contributed by atoms with E-state index < -0.39 is 5.82 Å². The lowest BCUT2D eigenvalue weighted by Crippen LogP contribution is -2.39. The zero-order chi connectivity index (χ0) is 16.1. The van der Waals surface area contributed by atoms with E-state index in [1.54, 1.807) is 0 Å². The number of fused-ring (bicyclic) bond motifs is 2. The quantitative estimate of drug-likeness (QED) is 0.903. The van der Waals surface area contributed by atoms with Gasteiger partial charge in [0.05, 0.1) is 24.3 Å². The number of hydrogen-bond donors (Lipinski definition) is 1. The highest BCUT2D eigenvalue weighted by atomic mass is 19.1. The fraction of sp³-hybridized carbons (Fsp3) is 0.588. The number of halogens is 1. The van der Waals surface area contributed by atoms with Crippen molar-refractivity contribution in [3.8, 4) is 11.5 Å². The lowest BCUT2D eigenvalue weighted by atomic mass is 10.0. The molecule has 3 rings (SSSR count). The largest absolute Gasteiger partial charge is 0.490 e. The van der Waals surface area contributed by atoms with Gasteiger partial charge in [0.25, 0.3) is 0 Å². The second kappa shape index (κ2) is 5.14. The number of nitrogens with zero attached hydrogens (tertiary/aromatic N) is 1. The van der Waals surface area contributed by atoms with Gasteiger partial charge in [0.15, 0.2) is 17.3 Å². The molecule has 1 fully saturated rings. The lowest BCUT2D eigenvalue weighted by Gasteiger charge is -2.30. The minimum Gasteiger partial charge on any atom is -0.490 e. The van der Waals surface area contributed by atoms with E-state index in [4.69, 9.17) is 14.9 Å². The first-order chi connectivity index (χ1) is 10.5. The fourth-order valence-electron chi connectivity index (χ4n) is 3.59. The van der Waals surface area contributed by atoms with Crippen LogP contribution in [0.4, 0.5) is 4.39 Å². The number of ether oxygens (including phenoxy) is 2. The van der Waals surface area contributed by atoms with E-state index in [2.05, 4.69) is 0 Å². The molecule has 1 aromatic carbocycles. The molecule has 1 aromatic rings. The maximum absolute atomic E-state index is 15.0. The van der Waals surface area contributed by atoms with Crippen LogP contribution in [0.1, 0.15) is 51.7 Å². The van der Waals surface area contributed by atoms with E-state index in [-0.39, 0.29) is 23.2 Å². The Morgan fingerprint density at radius 2 is 1.91 bits per heavy atom. The van der Waals surface area contributed by atoms with Crippen LogP contribution in [0.25, 0.3) is 0 Å². The first-order valence-electron chi connectivity index (χ1n) is 7.98. The van der Waals surface area contributed by atoms with Crippen LogP contribution in [-0.2, 0) is 5.54 Å². The Morgan fingerprint density at radius 3 is 2.41 bits per heavy atom. The Morgan fingerprint density at radius 1 is 1.27 bits per heavy atom. The summed E-state index contributed by atoms with van der Waals surface area (Å²) < 4.78 is 26.1. The molecule has 0 aromatic heterocycles. The lowest BCUT2D eigenvalue weighted by molar-refractivity contribution is 0.254. The van der Waals surface area contributed by atoms with Crippen LogP contribution in [0.5, 0.6) is 11.5 Å². The summed E-state index contributed by atoms with van der Waals surface area (Å²) in [6.45, 7) is 8.60. The Labute approximate surface area is 130 Å². The van der Waals surface area contributed by atoms with Crippen LogP contribution in [0.15, 0.2) is 6.07 Å². The minimum absolute atomic E-state index is 0.134. The van der Waals surface area contributed by atoms with Crippen molar-refractivity contribution >= 4 is 5.84 Å². The van der Waals surface area contributed by atoms with Gasteiger partial charge >= 0.3 is 0 Å². The summed E-state index contributed by atoms with van der Waals surface area (Å²) in [4.78, 5) is 2.03. The Hall–Kier alpha value is -1.78. The number of amidine groups is 1. The maximum atomic E-state index is 15.0. The number of rotatable bonds is 5. The van der Waals surface area contributed by atoms with Crippen molar-refractivity contribution in [2.45, 2.75) is 52.1 Å². The summed E-state index contributed by atoms with van der Waals surface area (Å²) in [6, 6.07) is 2.05. The van der Waals surface area contributed by atoms with Crippen molar-refractivity contribution in [1.82, 2.24) is 4.90 Å². The van der Waals surface area contributed by atoms with E-state index >= 15 is 4.39 Å². The molecule has 1 saturated carbocycles. The highest BCUT2D eigenvalue weighted by Gasteiger charge is 2.58. The first-order valence-corrected chi connectivity index (χ1v) is 7.98. The summed E-state index contributed by atoms with van der Waals surface area (Å²) >= 11 is 0. The molecule has 0 atom stereocenters. The van der Waals surface area contributed by atoms with Crippen molar-refractivity contribution in [1.29, 1.82) is 5.41 Å². The Bertz CT molecular complexity index is 624. The van der Waals surface area contributed by atoms with Gasteiger partial charge in [0.1, 0.15) is 5.84 Å². The standard InChI is InChI=1S/C17H23FN2O2/c1-5-21-12-9-11-13(14(18)15(12)22-6-2)16(19)20(10(3)4)17(11)7-8-17/h9-10,19H,5-8H2,1-4H3. The third-order valence-electron chi connectivity index (χ3n) is 4.46. The number of nitrogens with one attached hydrogen (secondary N) is 1. The van der Waals surface area contributed by atoms with Gasteiger partial charge in [-0.1, -0.05) is 0 Å². The van der Waals surface area contributed by atoms with Gasteiger partial charge in [0.2, 0.25) is 0 Å². The minimum atomic E-state index is -0.456. The van der Waals surface area contributed by atoms with Gasteiger partial charge in [-0.15, -0.1) is 0 Å². The average Bonchev–Trinajstić information content (AvgIpc) is 3.18. The zero-order valence-corrected chi connectivity index (χ0v) is 13.6. The van der Waals surface area contributed by atoms with Crippen molar-refractivity contribution in [3.05, 3.63) is 23.0 Å². The fourth-order valence-corrected chi connectivity index (χ4v) is 3.59. The molecule has 1 aliphatic heterocycles. The zero-order valence-electron chi connectivity index (χ0n) is 13.6.